The third kappa shape index (κ3) is 3.85. The first-order valence-corrected chi connectivity index (χ1v) is 8.92. The van der Waals surface area contributed by atoms with Crippen molar-refractivity contribution in [2.75, 3.05) is 13.2 Å². The number of halogens is 1. The summed E-state index contributed by atoms with van der Waals surface area (Å²) in [6.07, 6.45) is 0. The molecule has 1 fully saturated rings. The molecule has 2 N–H and O–H groups in total. The van der Waals surface area contributed by atoms with Gasteiger partial charge in [0.15, 0.2) is 0 Å². The molecule has 0 aliphatic carbocycles. The summed E-state index contributed by atoms with van der Waals surface area (Å²) in [7, 11) is 0. The van der Waals surface area contributed by atoms with Crippen LogP contribution < -0.4 is 5.32 Å². The molecule has 2 amide bonds. The molecule has 3 rings (SSSR count). The van der Waals surface area contributed by atoms with Gasteiger partial charge in [0.05, 0.1) is 18.7 Å². The van der Waals surface area contributed by atoms with E-state index in [0.29, 0.717) is 6.54 Å². The lowest BCUT2D eigenvalue weighted by Crippen LogP contribution is -2.68. The van der Waals surface area contributed by atoms with E-state index < -0.39 is 0 Å². The largest absolute Gasteiger partial charge is 0.394 e. The van der Waals surface area contributed by atoms with Gasteiger partial charge < -0.3 is 15.3 Å². The molecule has 1 aliphatic rings. The minimum Gasteiger partial charge on any atom is -0.394 e. The molecule has 0 bridgehead atoms. The number of rotatable bonds is 5. The Labute approximate surface area is 157 Å². The van der Waals surface area contributed by atoms with Crippen LogP contribution in [-0.4, -0.2) is 47.1 Å². The van der Waals surface area contributed by atoms with E-state index in [2.05, 4.69) is 5.32 Å². The number of carbonyl (C=O) groups excluding carboxylic acids is 2. The average molecular weight is 370 g/mol. The van der Waals surface area contributed by atoms with Gasteiger partial charge in [-0.15, -0.1) is 0 Å². The molecule has 5 nitrogen and oxygen atoms in total. The highest BCUT2D eigenvalue weighted by Gasteiger charge is 2.49. The topological polar surface area (TPSA) is 69.6 Å². The Bertz CT molecular complexity index is 838. The van der Waals surface area contributed by atoms with Crippen molar-refractivity contribution in [1.29, 1.82) is 0 Å². The maximum absolute atomic E-state index is 13.4. The summed E-state index contributed by atoms with van der Waals surface area (Å²) < 4.78 is 13.4. The zero-order valence-electron chi connectivity index (χ0n) is 15.4. The van der Waals surface area contributed by atoms with Crippen molar-refractivity contribution < 1.29 is 19.1 Å². The standard InChI is InChI=1S/C21H23FN2O3/c1-13(26)23-11-19-21(20(12-25)24(19)14(2)27)16-8-6-15(7-9-16)17-4-3-5-18(22)10-17/h3-10,19-21,25H,11-12H2,1-2H3,(H,23,26)/t19-,20-,21-/m0/s1. The number of nitrogens with zero attached hydrogens (tertiary/aromatic N) is 1. The van der Waals surface area contributed by atoms with Crippen molar-refractivity contribution in [2.24, 2.45) is 0 Å². The normalized spacial score (nSPS) is 21.5. The van der Waals surface area contributed by atoms with Crippen LogP contribution in [0.4, 0.5) is 4.39 Å². The number of likely N-dealkylation sites (tertiary alicyclic amines) is 1. The van der Waals surface area contributed by atoms with Crippen LogP contribution in [0.5, 0.6) is 0 Å². The van der Waals surface area contributed by atoms with Crippen molar-refractivity contribution in [2.45, 2.75) is 31.8 Å². The Morgan fingerprint density at radius 1 is 1.07 bits per heavy atom. The number of benzene rings is 2. The highest BCUT2D eigenvalue weighted by atomic mass is 19.1. The first-order chi connectivity index (χ1) is 12.9. The summed E-state index contributed by atoms with van der Waals surface area (Å²) in [5.41, 5.74) is 2.65. The summed E-state index contributed by atoms with van der Waals surface area (Å²) in [4.78, 5) is 24.9. The minimum atomic E-state index is -0.318. The maximum atomic E-state index is 13.4. The molecule has 6 heteroatoms. The van der Waals surface area contributed by atoms with E-state index in [1.54, 1.807) is 11.0 Å². The van der Waals surface area contributed by atoms with E-state index in [9.17, 15) is 19.1 Å². The minimum absolute atomic E-state index is 0.0766. The fourth-order valence-electron chi connectivity index (χ4n) is 3.90. The average Bonchev–Trinajstić information content (AvgIpc) is 2.61. The van der Waals surface area contributed by atoms with Gasteiger partial charge in [0.25, 0.3) is 0 Å². The summed E-state index contributed by atoms with van der Waals surface area (Å²) in [5.74, 6) is -0.654. The number of carbonyl (C=O) groups is 2. The van der Waals surface area contributed by atoms with Gasteiger partial charge in [0.1, 0.15) is 5.82 Å². The lowest BCUT2D eigenvalue weighted by atomic mass is 9.74. The van der Waals surface area contributed by atoms with Crippen molar-refractivity contribution in [3.8, 4) is 11.1 Å². The van der Waals surface area contributed by atoms with Gasteiger partial charge in [-0.05, 0) is 28.8 Å². The summed E-state index contributed by atoms with van der Waals surface area (Å²) in [6.45, 7) is 3.09. The number of aliphatic hydroxyl groups excluding tert-OH is 1. The lowest BCUT2D eigenvalue weighted by Gasteiger charge is -2.54. The van der Waals surface area contributed by atoms with Crippen LogP contribution in [0, 0.1) is 5.82 Å². The Balaban J connectivity index is 1.85. The predicted octanol–water partition coefficient (Wildman–Crippen LogP) is 2.30. The Morgan fingerprint density at radius 2 is 1.78 bits per heavy atom. The molecule has 0 spiro atoms. The van der Waals surface area contributed by atoms with Crippen molar-refractivity contribution in [3.05, 3.63) is 59.9 Å². The van der Waals surface area contributed by atoms with E-state index in [1.165, 1.54) is 26.0 Å². The van der Waals surface area contributed by atoms with Crippen LogP contribution in [0.15, 0.2) is 48.5 Å². The van der Waals surface area contributed by atoms with Gasteiger partial charge >= 0.3 is 0 Å². The Hall–Kier alpha value is -2.73. The zero-order chi connectivity index (χ0) is 19.6. The molecule has 1 heterocycles. The number of hydrogen-bond donors (Lipinski definition) is 2. The van der Waals surface area contributed by atoms with E-state index in [4.69, 9.17) is 0 Å². The molecule has 1 saturated heterocycles. The number of amides is 2. The Kier molecular flexibility index (Phi) is 5.56. The van der Waals surface area contributed by atoms with Gasteiger partial charge in [-0.1, -0.05) is 36.4 Å². The van der Waals surface area contributed by atoms with E-state index in [-0.39, 0.29) is 42.2 Å². The maximum Gasteiger partial charge on any atom is 0.220 e. The predicted molar refractivity (Wildman–Crippen MR) is 100 cm³/mol. The molecule has 0 unspecified atom stereocenters. The quantitative estimate of drug-likeness (QED) is 0.849. The van der Waals surface area contributed by atoms with Gasteiger partial charge in [-0.3, -0.25) is 9.59 Å². The van der Waals surface area contributed by atoms with Crippen LogP contribution in [0.1, 0.15) is 25.3 Å². The van der Waals surface area contributed by atoms with E-state index >= 15 is 0 Å². The molecule has 0 radical (unpaired) electrons. The summed E-state index contributed by atoms with van der Waals surface area (Å²) in [5, 5.41) is 12.5. The smallest absolute Gasteiger partial charge is 0.220 e. The van der Waals surface area contributed by atoms with Crippen molar-refractivity contribution in [1.82, 2.24) is 10.2 Å². The fourth-order valence-corrected chi connectivity index (χ4v) is 3.90. The molecular formula is C21H23FN2O3. The molecule has 3 atom stereocenters. The van der Waals surface area contributed by atoms with Crippen LogP contribution in [0.3, 0.4) is 0 Å². The van der Waals surface area contributed by atoms with Crippen LogP contribution in [-0.2, 0) is 9.59 Å². The van der Waals surface area contributed by atoms with Crippen LogP contribution in [0.2, 0.25) is 0 Å². The Morgan fingerprint density at radius 3 is 2.33 bits per heavy atom. The van der Waals surface area contributed by atoms with Gasteiger partial charge in [0, 0.05) is 26.3 Å². The molecule has 27 heavy (non-hydrogen) atoms. The fraction of sp³-hybridized carbons (Fsp3) is 0.333. The lowest BCUT2D eigenvalue weighted by molar-refractivity contribution is -0.148. The highest BCUT2D eigenvalue weighted by Crippen LogP contribution is 2.41. The molecular weight excluding hydrogens is 347 g/mol. The summed E-state index contributed by atoms with van der Waals surface area (Å²) in [6, 6.07) is 13.6. The molecule has 1 aliphatic heterocycles. The molecule has 0 aromatic heterocycles. The third-order valence-electron chi connectivity index (χ3n) is 5.11. The van der Waals surface area contributed by atoms with Gasteiger partial charge in [-0.25, -0.2) is 4.39 Å². The second kappa shape index (κ2) is 7.88. The number of hydrogen-bond acceptors (Lipinski definition) is 3. The van der Waals surface area contributed by atoms with E-state index in [0.717, 1.165) is 16.7 Å². The second-order valence-electron chi connectivity index (χ2n) is 6.84. The monoisotopic (exact) mass is 370 g/mol. The van der Waals surface area contributed by atoms with Gasteiger partial charge in [0.2, 0.25) is 11.8 Å². The SMILES string of the molecule is CC(=O)NC[C@H]1[C@H](c2ccc(-c3cccc(F)c3)cc2)[C@H](CO)N1C(C)=O. The van der Waals surface area contributed by atoms with E-state index in [1.807, 2.05) is 30.3 Å². The highest BCUT2D eigenvalue weighted by molar-refractivity contribution is 5.77. The molecule has 0 saturated carbocycles. The summed E-state index contributed by atoms with van der Waals surface area (Å²) >= 11 is 0. The van der Waals surface area contributed by atoms with Crippen LogP contribution >= 0.6 is 0 Å². The van der Waals surface area contributed by atoms with Crippen molar-refractivity contribution >= 4 is 11.8 Å². The molecule has 142 valence electrons. The number of nitrogens with one attached hydrogen (secondary N) is 1. The first kappa shape index (κ1) is 19.0. The third-order valence-corrected chi connectivity index (χ3v) is 5.11. The number of aliphatic hydroxyl groups is 1. The van der Waals surface area contributed by atoms with Crippen molar-refractivity contribution in [3.63, 3.8) is 0 Å². The van der Waals surface area contributed by atoms with Gasteiger partial charge in [-0.2, -0.15) is 0 Å². The molecule has 2 aromatic carbocycles. The zero-order valence-corrected chi connectivity index (χ0v) is 15.4. The van der Waals surface area contributed by atoms with Crippen LogP contribution in [0.25, 0.3) is 11.1 Å². The first-order valence-electron chi connectivity index (χ1n) is 8.92. The molecule has 2 aromatic rings. The second-order valence-corrected chi connectivity index (χ2v) is 6.84.